The second-order valence-electron chi connectivity index (χ2n) is 6.70. The average molecular weight is 361 g/mol. The van der Waals surface area contributed by atoms with Crippen molar-refractivity contribution in [2.45, 2.75) is 38.5 Å². The number of carbonyl (C=O) groups excluding carboxylic acids is 1. The Labute approximate surface area is 151 Å². The molecule has 1 aliphatic heterocycles. The van der Waals surface area contributed by atoms with Gasteiger partial charge in [0.2, 0.25) is 5.91 Å². The third-order valence-electron chi connectivity index (χ3n) is 4.68. The van der Waals surface area contributed by atoms with Crippen LogP contribution < -0.4 is 0 Å². The number of rotatable bonds is 5. The van der Waals surface area contributed by atoms with E-state index in [1.165, 1.54) is 17.3 Å². The zero-order valence-electron chi connectivity index (χ0n) is 14.5. The molecule has 2 atom stereocenters. The lowest BCUT2D eigenvalue weighted by Gasteiger charge is -2.36. The van der Waals surface area contributed by atoms with Gasteiger partial charge in [0, 0.05) is 30.7 Å². The van der Waals surface area contributed by atoms with Crippen molar-refractivity contribution < 1.29 is 14.7 Å². The molecule has 0 saturated carbocycles. The van der Waals surface area contributed by atoms with E-state index in [1.807, 2.05) is 42.8 Å². The normalized spacial score (nSPS) is 20.8. The number of fused-ring (bicyclic) bond motifs is 1. The molecule has 1 amide bonds. The Balaban J connectivity index is 1.55. The SMILES string of the molecule is Cc1ccc2nc(CSCC(=O)N3CC(C(=O)O)CCC3C)cn2c1. The Kier molecular flexibility index (Phi) is 5.32. The number of carbonyl (C=O) groups is 2. The van der Waals surface area contributed by atoms with Crippen LogP contribution in [0.4, 0.5) is 0 Å². The summed E-state index contributed by atoms with van der Waals surface area (Å²) in [5.74, 6) is -0.215. The number of hydrogen-bond acceptors (Lipinski definition) is 4. The third kappa shape index (κ3) is 4.15. The number of likely N-dealkylation sites (tertiary alicyclic amines) is 1. The second-order valence-corrected chi connectivity index (χ2v) is 7.69. The summed E-state index contributed by atoms with van der Waals surface area (Å²) in [4.78, 5) is 29.9. The molecule has 0 aliphatic carbocycles. The van der Waals surface area contributed by atoms with E-state index >= 15 is 0 Å². The number of aliphatic carboxylic acids is 1. The maximum atomic E-state index is 12.5. The lowest BCUT2D eigenvalue weighted by molar-refractivity contribution is -0.146. The number of aromatic nitrogens is 2. The van der Waals surface area contributed by atoms with Crippen LogP contribution in [0.25, 0.3) is 5.65 Å². The Morgan fingerprint density at radius 3 is 2.88 bits per heavy atom. The first-order valence-electron chi connectivity index (χ1n) is 8.48. The van der Waals surface area contributed by atoms with Crippen molar-refractivity contribution in [1.82, 2.24) is 14.3 Å². The number of amides is 1. The fourth-order valence-corrected chi connectivity index (χ4v) is 4.00. The summed E-state index contributed by atoms with van der Waals surface area (Å²) in [7, 11) is 0. The predicted molar refractivity (Wildman–Crippen MR) is 97.6 cm³/mol. The summed E-state index contributed by atoms with van der Waals surface area (Å²) in [6.45, 7) is 4.35. The van der Waals surface area contributed by atoms with Crippen LogP contribution in [-0.4, -0.2) is 49.6 Å². The average Bonchev–Trinajstić information content (AvgIpc) is 2.96. The van der Waals surface area contributed by atoms with E-state index in [4.69, 9.17) is 0 Å². The number of carboxylic acid groups (broad SMARTS) is 1. The molecule has 1 fully saturated rings. The molecular formula is C18H23N3O3S. The van der Waals surface area contributed by atoms with Crippen LogP contribution in [0.5, 0.6) is 0 Å². The molecule has 0 radical (unpaired) electrons. The first kappa shape index (κ1) is 17.8. The van der Waals surface area contributed by atoms with Crippen LogP contribution in [0.15, 0.2) is 24.5 Å². The number of imidazole rings is 1. The van der Waals surface area contributed by atoms with Gasteiger partial charge in [-0.2, -0.15) is 0 Å². The molecule has 0 bridgehead atoms. The van der Waals surface area contributed by atoms with Crippen LogP contribution in [0.2, 0.25) is 0 Å². The summed E-state index contributed by atoms with van der Waals surface area (Å²) in [6, 6.07) is 4.12. The van der Waals surface area contributed by atoms with Crippen molar-refractivity contribution in [1.29, 1.82) is 0 Å². The number of pyridine rings is 1. The molecule has 3 rings (SSSR count). The lowest BCUT2D eigenvalue weighted by atomic mass is 9.93. The molecule has 0 spiro atoms. The highest BCUT2D eigenvalue weighted by Crippen LogP contribution is 2.23. The molecule has 25 heavy (non-hydrogen) atoms. The van der Waals surface area contributed by atoms with Gasteiger partial charge in [-0.05, 0) is 38.3 Å². The van der Waals surface area contributed by atoms with Crippen molar-refractivity contribution in [3.8, 4) is 0 Å². The number of aryl methyl sites for hydroxylation is 1. The molecule has 0 aromatic carbocycles. The summed E-state index contributed by atoms with van der Waals surface area (Å²) >= 11 is 1.52. The molecule has 1 saturated heterocycles. The number of piperidine rings is 1. The van der Waals surface area contributed by atoms with Crippen molar-refractivity contribution in [3.05, 3.63) is 35.8 Å². The van der Waals surface area contributed by atoms with Crippen molar-refractivity contribution in [2.24, 2.45) is 5.92 Å². The van der Waals surface area contributed by atoms with Crippen LogP contribution >= 0.6 is 11.8 Å². The monoisotopic (exact) mass is 361 g/mol. The highest BCUT2D eigenvalue weighted by molar-refractivity contribution is 7.99. The van der Waals surface area contributed by atoms with E-state index in [0.717, 1.165) is 17.8 Å². The van der Waals surface area contributed by atoms with E-state index in [9.17, 15) is 14.7 Å². The minimum atomic E-state index is -0.808. The van der Waals surface area contributed by atoms with Crippen LogP contribution in [0.1, 0.15) is 31.0 Å². The van der Waals surface area contributed by atoms with Gasteiger partial charge >= 0.3 is 5.97 Å². The fourth-order valence-electron chi connectivity index (χ4n) is 3.21. The number of hydrogen-bond donors (Lipinski definition) is 1. The molecule has 6 nitrogen and oxygen atoms in total. The van der Waals surface area contributed by atoms with Gasteiger partial charge in [0.15, 0.2) is 0 Å². The van der Waals surface area contributed by atoms with E-state index in [-0.39, 0.29) is 11.9 Å². The zero-order valence-corrected chi connectivity index (χ0v) is 15.3. The zero-order chi connectivity index (χ0) is 18.0. The van der Waals surface area contributed by atoms with E-state index in [0.29, 0.717) is 24.5 Å². The first-order valence-corrected chi connectivity index (χ1v) is 9.64. The molecule has 2 unspecified atom stereocenters. The number of nitrogens with zero attached hydrogens (tertiary/aromatic N) is 3. The molecule has 134 valence electrons. The van der Waals surface area contributed by atoms with Crippen LogP contribution in [0, 0.1) is 12.8 Å². The standard InChI is InChI=1S/C18H23N3O3S/c1-12-3-6-16-19-15(9-20(16)7-12)10-25-11-17(22)21-8-14(18(23)24)5-4-13(21)2/h3,6-7,9,13-14H,4-5,8,10-11H2,1-2H3,(H,23,24). The van der Waals surface area contributed by atoms with E-state index < -0.39 is 11.9 Å². The van der Waals surface area contributed by atoms with Gasteiger partial charge in [0.1, 0.15) is 5.65 Å². The maximum absolute atomic E-state index is 12.5. The molecule has 1 aliphatic rings. The largest absolute Gasteiger partial charge is 0.481 e. The Hall–Kier alpha value is -2.02. The van der Waals surface area contributed by atoms with Gasteiger partial charge in [-0.1, -0.05) is 6.07 Å². The van der Waals surface area contributed by atoms with Crippen molar-refractivity contribution in [2.75, 3.05) is 12.3 Å². The second kappa shape index (κ2) is 7.47. The highest BCUT2D eigenvalue weighted by Gasteiger charge is 2.32. The first-order chi connectivity index (χ1) is 11.9. The number of carboxylic acids is 1. The van der Waals surface area contributed by atoms with Crippen molar-refractivity contribution >= 4 is 29.3 Å². The summed E-state index contributed by atoms with van der Waals surface area (Å²) in [6.07, 6.45) is 5.42. The van der Waals surface area contributed by atoms with E-state index in [2.05, 4.69) is 4.98 Å². The Morgan fingerprint density at radius 2 is 2.12 bits per heavy atom. The smallest absolute Gasteiger partial charge is 0.308 e. The molecule has 2 aromatic rings. The van der Waals surface area contributed by atoms with Gasteiger partial charge in [-0.25, -0.2) is 4.98 Å². The minimum absolute atomic E-state index is 0.0167. The van der Waals surface area contributed by atoms with E-state index in [1.54, 1.807) is 4.90 Å². The summed E-state index contributed by atoms with van der Waals surface area (Å²) in [5, 5.41) is 9.18. The molecule has 3 heterocycles. The highest BCUT2D eigenvalue weighted by atomic mass is 32.2. The molecular weight excluding hydrogens is 338 g/mol. The molecule has 7 heteroatoms. The molecule has 1 N–H and O–H groups in total. The predicted octanol–water partition coefficient (Wildman–Crippen LogP) is 2.59. The summed E-state index contributed by atoms with van der Waals surface area (Å²) in [5.41, 5.74) is 3.02. The van der Waals surface area contributed by atoms with Crippen molar-refractivity contribution in [3.63, 3.8) is 0 Å². The number of thioether (sulfide) groups is 1. The van der Waals surface area contributed by atoms with Gasteiger partial charge in [-0.3, -0.25) is 9.59 Å². The fraction of sp³-hybridized carbons (Fsp3) is 0.500. The van der Waals surface area contributed by atoms with Crippen LogP contribution in [0.3, 0.4) is 0 Å². The Morgan fingerprint density at radius 1 is 1.32 bits per heavy atom. The van der Waals surface area contributed by atoms with Crippen LogP contribution in [-0.2, 0) is 15.3 Å². The van der Waals surface area contributed by atoms with Gasteiger partial charge in [0.25, 0.3) is 0 Å². The third-order valence-corrected chi connectivity index (χ3v) is 5.63. The maximum Gasteiger partial charge on any atom is 0.308 e. The quantitative estimate of drug-likeness (QED) is 0.886. The lowest BCUT2D eigenvalue weighted by Crippen LogP contribution is -2.48. The topological polar surface area (TPSA) is 74.9 Å². The van der Waals surface area contributed by atoms with Gasteiger partial charge in [0.05, 0.1) is 17.4 Å². The minimum Gasteiger partial charge on any atom is -0.481 e. The van der Waals surface area contributed by atoms with Gasteiger partial charge in [-0.15, -0.1) is 11.8 Å². The van der Waals surface area contributed by atoms with Gasteiger partial charge < -0.3 is 14.4 Å². The Bertz CT molecular complexity index is 789. The molecule has 2 aromatic heterocycles. The summed E-state index contributed by atoms with van der Waals surface area (Å²) < 4.78 is 2.00.